The lowest BCUT2D eigenvalue weighted by atomic mass is 9.95. The molecular weight excluding hydrogens is 643 g/mol. The van der Waals surface area contributed by atoms with E-state index in [0.717, 1.165) is 23.1 Å². The fourth-order valence-corrected chi connectivity index (χ4v) is 7.12. The molecule has 10 heteroatoms. The van der Waals surface area contributed by atoms with Crippen LogP contribution >= 0.6 is 23.1 Å². The van der Waals surface area contributed by atoms with Crippen molar-refractivity contribution in [2.75, 3.05) is 11.5 Å². The molecule has 2 heterocycles. The van der Waals surface area contributed by atoms with E-state index >= 15 is 0 Å². The van der Waals surface area contributed by atoms with Crippen LogP contribution in [0.2, 0.25) is 0 Å². The van der Waals surface area contributed by atoms with Crippen LogP contribution in [-0.4, -0.2) is 33.6 Å². The number of Topliss-reactive ketones (excluding diaryl/α,β-unsaturated/α-hetero) is 1. The Balaban J connectivity index is 1.30. The highest BCUT2D eigenvalue weighted by atomic mass is 32.2. The first-order valence-corrected chi connectivity index (χ1v) is 17.5. The van der Waals surface area contributed by atoms with Crippen molar-refractivity contribution in [3.63, 3.8) is 0 Å². The monoisotopic (exact) mass is 677 g/mol. The minimum Gasteiger partial charge on any atom is -0.507 e. The van der Waals surface area contributed by atoms with Gasteiger partial charge in [0.05, 0.1) is 18.2 Å². The van der Waals surface area contributed by atoms with Gasteiger partial charge in [-0.2, -0.15) is 0 Å². The summed E-state index contributed by atoms with van der Waals surface area (Å²) >= 11 is 2.74. The van der Waals surface area contributed by atoms with Crippen LogP contribution in [0.25, 0.3) is 5.76 Å². The number of ketones is 1. The molecular formula is C38H35N3O5S2. The van der Waals surface area contributed by atoms with E-state index in [1.807, 2.05) is 45.0 Å². The predicted octanol–water partition coefficient (Wildman–Crippen LogP) is 8.44. The summed E-state index contributed by atoms with van der Waals surface area (Å²) in [6.45, 7) is 7.07. The minimum atomic E-state index is -0.926. The quantitative estimate of drug-likeness (QED) is 0.0462. The number of aliphatic hydroxyl groups excluding tert-OH is 1. The molecule has 244 valence electrons. The number of aliphatic hydroxyl groups is 1. The second-order valence-electron chi connectivity index (χ2n) is 11.5. The summed E-state index contributed by atoms with van der Waals surface area (Å²) in [5.41, 5.74) is 5.51. The van der Waals surface area contributed by atoms with Crippen LogP contribution in [-0.2, 0) is 21.9 Å². The molecule has 1 aliphatic heterocycles. The second-order valence-corrected chi connectivity index (χ2v) is 13.6. The summed E-state index contributed by atoms with van der Waals surface area (Å²) in [5.74, 6) is 0.103. The highest BCUT2D eigenvalue weighted by Crippen LogP contribution is 2.44. The molecule has 5 aromatic rings. The smallest absolute Gasteiger partial charge is 0.301 e. The first-order valence-electron chi connectivity index (χ1n) is 15.7. The molecule has 8 nitrogen and oxygen atoms in total. The van der Waals surface area contributed by atoms with Crippen molar-refractivity contribution in [2.45, 2.75) is 49.9 Å². The highest BCUT2D eigenvalue weighted by Gasteiger charge is 2.48. The van der Waals surface area contributed by atoms with Crippen LogP contribution < -0.4 is 14.4 Å². The molecule has 48 heavy (non-hydrogen) atoms. The highest BCUT2D eigenvalue weighted by molar-refractivity contribution is 8.00. The lowest BCUT2D eigenvalue weighted by Crippen LogP contribution is -2.29. The molecule has 0 radical (unpaired) electrons. The molecule has 1 aliphatic rings. The third kappa shape index (κ3) is 7.30. The third-order valence-electron chi connectivity index (χ3n) is 7.98. The number of amides is 1. The summed E-state index contributed by atoms with van der Waals surface area (Å²) in [6.07, 6.45) is 0.860. The third-order valence-corrected chi connectivity index (χ3v) is 10.1. The fraction of sp³-hybridized carbons (Fsp3) is 0.211. The van der Waals surface area contributed by atoms with Crippen LogP contribution in [0.5, 0.6) is 11.5 Å². The maximum absolute atomic E-state index is 13.7. The molecule has 1 amide bonds. The Morgan fingerprint density at radius 2 is 1.56 bits per heavy atom. The molecule has 1 N–H and O–H groups in total. The number of ether oxygens (including phenoxy) is 2. The normalized spacial score (nSPS) is 15.6. The van der Waals surface area contributed by atoms with Gasteiger partial charge in [0.1, 0.15) is 23.9 Å². The average molecular weight is 678 g/mol. The molecule has 0 spiro atoms. The molecule has 1 unspecified atom stereocenters. The number of aryl methyl sites for hydroxylation is 2. The number of aromatic nitrogens is 2. The Morgan fingerprint density at radius 3 is 2.27 bits per heavy atom. The van der Waals surface area contributed by atoms with E-state index in [4.69, 9.17) is 9.47 Å². The standard InChI is InChI=1S/C38H35N3O5S2/c1-4-21-45-30-17-13-27(14-18-30)33-32(34(42)28-15-19-31(20-16-28)46-22-29-8-6-5-7-25(29)3)35(43)36(44)41(33)37-39-40-38(48-37)47-23-26-11-9-24(2)10-12-26/h5-20,33,42H,4,21-23H2,1-3H3. The molecule has 0 bridgehead atoms. The van der Waals surface area contributed by atoms with Crippen molar-refractivity contribution in [1.82, 2.24) is 10.2 Å². The average Bonchev–Trinajstić information content (AvgIpc) is 3.68. The number of anilines is 1. The Labute approximate surface area is 288 Å². The van der Waals surface area contributed by atoms with Crippen LogP contribution in [0.3, 0.4) is 0 Å². The number of thioether (sulfide) groups is 1. The summed E-state index contributed by atoms with van der Waals surface area (Å²) in [4.78, 5) is 28.7. The molecule has 6 rings (SSSR count). The van der Waals surface area contributed by atoms with Crippen molar-refractivity contribution >= 4 is 45.7 Å². The summed E-state index contributed by atoms with van der Waals surface area (Å²) in [5, 5.41) is 20.6. The molecule has 4 aromatic carbocycles. The number of carbonyl (C=O) groups is 2. The first-order chi connectivity index (χ1) is 23.3. The molecule has 1 atom stereocenters. The lowest BCUT2D eigenvalue weighted by Gasteiger charge is -2.22. The Hall–Kier alpha value is -4.93. The van der Waals surface area contributed by atoms with Crippen LogP contribution in [0.4, 0.5) is 5.13 Å². The first kappa shape index (κ1) is 33.0. The van der Waals surface area contributed by atoms with Gasteiger partial charge >= 0.3 is 5.91 Å². The van der Waals surface area contributed by atoms with E-state index in [1.54, 1.807) is 48.5 Å². The van der Waals surface area contributed by atoms with E-state index in [1.165, 1.54) is 33.6 Å². The van der Waals surface area contributed by atoms with Gasteiger partial charge in [0, 0.05) is 11.3 Å². The molecule has 1 fully saturated rings. The molecule has 0 aliphatic carbocycles. The Kier molecular flexibility index (Phi) is 10.2. The molecule has 1 saturated heterocycles. The van der Waals surface area contributed by atoms with Gasteiger partial charge in [0.15, 0.2) is 4.34 Å². The van der Waals surface area contributed by atoms with E-state index in [0.29, 0.717) is 45.9 Å². The van der Waals surface area contributed by atoms with E-state index in [9.17, 15) is 14.7 Å². The maximum atomic E-state index is 13.7. The zero-order valence-corrected chi connectivity index (χ0v) is 28.5. The zero-order chi connectivity index (χ0) is 33.6. The van der Waals surface area contributed by atoms with Crippen molar-refractivity contribution in [3.05, 3.63) is 136 Å². The van der Waals surface area contributed by atoms with E-state index in [2.05, 4.69) is 34.5 Å². The largest absolute Gasteiger partial charge is 0.507 e. The van der Waals surface area contributed by atoms with Crippen LogP contribution in [0, 0.1) is 13.8 Å². The Morgan fingerprint density at radius 1 is 0.875 bits per heavy atom. The number of hydrogen-bond acceptors (Lipinski definition) is 9. The van der Waals surface area contributed by atoms with Crippen molar-refractivity contribution in [2.24, 2.45) is 0 Å². The van der Waals surface area contributed by atoms with Crippen LogP contribution in [0.15, 0.2) is 107 Å². The predicted molar refractivity (Wildman–Crippen MR) is 190 cm³/mol. The lowest BCUT2D eigenvalue weighted by molar-refractivity contribution is -0.132. The second kappa shape index (κ2) is 14.9. The van der Waals surface area contributed by atoms with Crippen LogP contribution in [0.1, 0.15) is 52.8 Å². The SMILES string of the molecule is CCCOc1ccc(C2C(=C(O)c3ccc(OCc4ccccc4C)cc3)C(=O)C(=O)N2c2nnc(SCc3ccc(C)cc3)s2)cc1. The zero-order valence-electron chi connectivity index (χ0n) is 26.9. The molecule has 0 saturated carbocycles. The van der Waals surface area contributed by atoms with Gasteiger partial charge in [-0.05, 0) is 78.9 Å². The Bertz CT molecular complexity index is 1940. The van der Waals surface area contributed by atoms with Gasteiger partial charge < -0.3 is 14.6 Å². The summed E-state index contributed by atoms with van der Waals surface area (Å²) in [7, 11) is 0. The number of benzene rings is 4. The number of rotatable bonds is 12. The van der Waals surface area contributed by atoms with Gasteiger partial charge in [-0.3, -0.25) is 14.5 Å². The number of hydrogen-bond donors (Lipinski definition) is 1. The van der Waals surface area contributed by atoms with Gasteiger partial charge in [-0.25, -0.2) is 0 Å². The number of carbonyl (C=O) groups excluding carboxylic acids is 2. The topological polar surface area (TPSA) is 102 Å². The van der Waals surface area contributed by atoms with Crippen molar-refractivity contribution < 1.29 is 24.2 Å². The van der Waals surface area contributed by atoms with Gasteiger partial charge in [0.25, 0.3) is 5.78 Å². The maximum Gasteiger partial charge on any atom is 0.301 e. The number of nitrogens with zero attached hydrogens (tertiary/aromatic N) is 3. The molecule has 1 aromatic heterocycles. The van der Waals surface area contributed by atoms with Gasteiger partial charge in [0.2, 0.25) is 5.13 Å². The van der Waals surface area contributed by atoms with Gasteiger partial charge in [-0.1, -0.05) is 96.2 Å². The fourth-order valence-electron chi connectivity index (χ4n) is 5.30. The van der Waals surface area contributed by atoms with Crippen molar-refractivity contribution in [1.29, 1.82) is 0 Å². The summed E-state index contributed by atoms with van der Waals surface area (Å²) < 4.78 is 12.4. The minimum absolute atomic E-state index is 0.0279. The summed E-state index contributed by atoms with van der Waals surface area (Å²) in [6, 6.07) is 29.4. The van der Waals surface area contributed by atoms with Gasteiger partial charge in [-0.15, -0.1) is 10.2 Å². The van der Waals surface area contributed by atoms with E-state index in [-0.39, 0.29) is 16.5 Å². The van der Waals surface area contributed by atoms with E-state index < -0.39 is 17.7 Å². The van der Waals surface area contributed by atoms with Crippen molar-refractivity contribution in [3.8, 4) is 11.5 Å².